The van der Waals surface area contributed by atoms with Crippen molar-refractivity contribution in [3.8, 4) is 0 Å². The number of anilines is 1. The van der Waals surface area contributed by atoms with Gasteiger partial charge in [0.2, 0.25) is 11.0 Å². The van der Waals surface area contributed by atoms with Crippen LogP contribution in [0.2, 0.25) is 0 Å². The number of fused-ring (bicyclic) bond motifs is 1. The first-order valence-corrected chi connectivity index (χ1v) is 9.68. The molecule has 2 aromatic rings. The van der Waals surface area contributed by atoms with Crippen LogP contribution in [0.4, 0.5) is 5.13 Å². The summed E-state index contributed by atoms with van der Waals surface area (Å²) in [5.74, 6) is 1.13. The fourth-order valence-electron chi connectivity index (χ4n) is 3.48. The van der Waals surface area contributed by atoms with E-state index >= 15 is 0 Å². The maximum atomic E-state index is 12.9. The number of benzene rings is 1. The van der Waals surface area contributed by atoms with E-state index in [1.54, 1.807) is 0 Å². The molecule has 0 saturated carbocycles. The van der Waals surface area contributed by atoms with E-state index in [-0.39, 0.29) is 11.9 Å². The molecule has 7 heteroatoms. The second-order valence-electron chi connectivity index (χ2n) is 6.57. The van der Waals surface area contributed by atoms with E-state index in [1.165, 1.54) is 22.7 Å². The van der Waals surface area contributed by atoms with Gasteiger partial charge >= 0.3 is 0 Å². The van der Waals surface area contributed by atoms with Crippen LogP contribution in [0.3, 0.4) is 0 Å². The molecule has 0 radical (unpaired) electrons. The van der Waals surface area contributed by atoms with E-state index in [0.29, 0.717) is 0 Å². The number of hydrogen-bond donors (Lipinski definition) is 1. The van der Waals surface area contributed by atoms with Crippen LogP contribution in [0.1, 0.15) is 23.9 Å². The van der Waals surface area contributed by atoms with E-state index in [4.69, 9.17) is 0 Å². The van der Waals surface area contributed by atoms with Crippen LogP contribution in [-0.2, 0) is 24.2 Å². The standard InChI is InChI=1S/C18H23N5OS/c1-2-16-20-18(25-21-16)23-9-7-22(8-10-23)17(24)15-11-13-5-3-4-6-14(13)12-19-15/h3-6,15,19H,2,7-12H2,1H3/t15-/m1/s1. The molecule has 4 rings (SSSR count). The lowest BCUT2D eigenvalue weighted by atomic mass is 9.95. The van der Waals surface area contributed by atoms with Crippen molar-refractivity contribution in [2.24, 2.45) is 0 Å². The van der Waals surface area contributed by atoms with Crippen molar-refractivity contribution < 1.29 is 4.79 Å². The zero-order chi connectivity index (χ0) is 17.2. The predicted molar refractivity (Wildman–Crippen MR) is 98.9 cm³/mol. The number of nitrogens with zero attached hydrogens (tertiary/aromatic N) is 4. The highest BCUT2D eigenvalue weighted by molar-refractivity contribution is 7.09. The van der Waals surface area contributed by atoms with Crippen LogP contribution in [0, 0.1) is 0 Å². The molecule has 1 saturated heterocycles. The van der Waals surface area contributed by atoms with Gasteiger partial charge in [-0.3, -0.25) is 4.79 Å². The van der Waals surface area contributed by atoms with Crippen molar-refractivity contribution in [3.05, 3.63) is 41.2 Å². The minimum Gasteiger partial charge on any atom is -0.343 e. The molecule has 132 valence electrons. The SMILES string of the molecule is CCc1nsc(N2CCN(C(=O)[C@H]3Cc4ccccc4CN3)CC2)n1. The van der Waals surface area contributed by atoms with Gasteiger partial charge in [-0.05, 0) is 17.5 Å². The molecule has 3 heterocycles. The van der Waals surface area contributed by atoms with E-state index in [2.05, 4.69) is 50.8 Å². The molecule has 0 bridgehead atoms. The Kier molecular flexibility index (Phi) is 4.67. The van der Waals surface area contributed by atoms with E-state index in [9.17, 15) is 4.79 Å². The minimum absolute atomic E-state index is 0.102. The monoisotopic (exact) mass is 357 g/mol. The number of aromatic nitrogens is 2. The van der Waals surface area contributed by atoms with Crippen molar-refractivity contribution in [1.82, 2.24) is 19.6 Å². The molecule has 1 atom stereocenters. The van der Waals surface area contributed by atoms with Crippen LogP contribution in [-0.4, -0.2) is 52.4 Å². The summed E-state index contributed by atoms with van der Waals surface area (Å²) in [4.78, 5) is 21.7. The molecule has 2 aliphatic rings. The van der Waals surface area contributed by atoms with Crippen molar-refractivity contribution in [3.63, 3.8) is 0 Å². The van der Waals surface area contributed by atoms with Crippen molar-refractivity contribution in [2.75, 3.05) is 31.1 Å². The topological polar surface area (TPSA) is 61.4 Å². The number of hydrogen-bond acceptors (Lipinski definition) is 6. The molecule has 1 aromatic carbocycles. The molecule has 6 nitrogen and oxygen atoms in total. The van der Waals surface area contributed by atoms with Gasteiger partial charge in [0.05, 0.1) is 6.04 Å². The molecule has 0 unspecified atom stereocenters. The number of nitrogens with one attached hydrogen (secondary N) is 1. The molecule has 1 amide bonds. The van der Waals surface area contributed by atoms with Crippen LogP contribution in [0.5, 0.6) is 0 Å². The first kappa shape index (κ1) is 16.5. The zero-order valence-corrected chi connectivity index (χ0v) is 15.3. The van der Waals surface area contributed by atoms with Gasteiger partial charge in [0.15, 0.2) is 0 Å². The first-order valence-electron chi connectivity index (χ1n) is 8.91. The van der Waals surface area contributed by atoms with Crippen molar-refractivity contribution in [1.29, 1.82) is 0 Å². The number of rotatable bonds is 3. The van der Waals surface area contributed by atoms with Crippen LogP contribution in [0.25, 0.3) is 0 Å². The Morgan fingerprint density at radius 3 is 2.72 bits per heavy atom. The summed E-state index contributed by atoms with van der Waals surface area (Å²) >= 11 is 1.46. The van der Waals surface area contributed by atoms with Gasteiger partial charge < -0.3 is 15.1 Å². The molecule has 2 aliphatic heterocycles. The summed E-state index contributed by atoms with van der Waals surface area (Å²) in [6.45, 7) is 6.00. The number of carbonyl (C=O) groups is 1. The summed E-state index contributed by atoms with van der Waals surface area (Å²) < 4.78 is 4.36. The lowest BCUT2D eigenvalue weighted by Gasteiger charge is -2.37. The smallest absolute Gasteiger partial charge is 0.240 e. The fraction of sp³-hybridized carbons (Fsp3) is 0.500. The molecular weight excluding hydrogens is 334 g/mol. The van der Waals surface area contributed by atoms with Gasteiger partial charge in [0, 0.05) is 50.7 Å². The molecule has 25 heavy (non-hydrogen) atoms. The third kappa shape index (κ3) is 3.39. The van der Waals surface area contributed by atoms with Gasteiger partial charge in [-0.25, -0.2) is 4.98 Å². The van der Waals surface area contributed by atoms with Crippen molar-refractivity contribution in [2.45, 2.75) is 32.4 Å². The van der Waals surface area contributed by atoms with Crippen molar-refractivity contribution >= 4 is 22.6 Å². The Hall–Kier alpha value is -1.99. The molecule has 1 fully saturated rings. The maximum absolute atomic E-state index is 12.9. The normalized spacial score (nSPS) is 20.4. The Balaban J connectivity index is 1.35. The fourth-order valence-corrected chi connectivity index (χ4v) is 4.29. The molecular formula is C18H23N5OS. The van der Waals surface area contributed by atoms with E-state index in [0.717, 1.165) is 56.5 Å². The summed E-state index contributed by atoms with van der Waals surface area (Å²) in [5, 5.41) is 4.38. The molecule has 1 aromatic heterocycles. The largest absolute Gasteiger partial charge is 0.343 e. The highest BCUT2D eigenvalue weighted by Crippen LogP contribution is 2.21. The number of carbonyl (C=O) groups excluding carboxylic acids is 1. The minimum atomic E-state index is -0.102. The van der Waals surface area contributed by atoms with Gasteiger partial charge in [-0.15, -0.1) is 0 Å². The summed E-state index contributed by atoms with van der Waals surface area (Å²) in [6, 6.07) is 8.27. The zero-order valence-electron chi connectivity index (χ0n) is 14.4. The highest BCUT2D eigenvalue weighted by atomic mass is 32.1. The Morgan fingerprint density at radius 2 is 2.00 bits per heavy atom. The Morgan fingerprint density at radius 1 is 1.24 bits per heavy atom. The predicted octanol–water partition coefficient (Wildman–Crippen LogP) is 1.46. The van der Waals surface area contributed by atoms with Crippen LogP contribution < -0.4 is 10.2 Å². The van der Waals surface area contributed by atoms with Gasteiger partial charge in [-0.2, -0.15) is 4.37 Å². The average Bonchev–Trinajstić information content (AvgIpc) is 3.16. The first-order chi connectivity index (χ1) is 12.2. The van der Waals surface area contributed by atoms with Gasteiger partial charge in [0.25, 0.3) is 0 Å². The molecule has 0 spiro atoms. The number of aryl methyl sites for hydroxylation is 1. The Labute approximate surface area is 152 Å². The third-order valence-corrected chi connectivity index (χ3v) is 5.83. The van der Waals surface area contributed by atoms with E-state index < -0.39 is 0 Å². The van der Waals surface area contributed by atoms with E-state index in [1.807, 2.05) is 4.90 Å². The quantitative estimate of drug-likeness (QED) is 0.901. The highest BCUT2D eigenvalue weighted by Gasteiger charge is 2.30. The van der Waals surface area contributed by atoms with Gasteiger partial charge in [0.1, 0.15) is 5.82 Å². The summed E-state index contributed by atoms with van der Waals surface area (Å²) in [5.41, 5.74) is 2.60. The second kappa shape index (κ2) is 7.09. The van der Waals surface area contributed by atoms with Gasteiger partial charge in [-0.1, -0.05) is 31.2 Å². The maximum Gasteiger partial charge on any atom is 0.240 e. The summed E-state index contributed by atoms with van der Waals surface area (Å²) in [7, 11) is 0. The molecule has 0 aliphatic carbocycles. The number of piperazine rings is 1. The summed E-state index contributed by atoms with van der Waals surface area (Å²) in [6.07, 6.45) is 1.65. The van der Waals surface area contributed by atoms with Crippen LogP contribution in [0.15, 0.2) is 24.3 Å². The lowest BCUT2D eigenvalue weighted by molar-refractivity contribution is -0.134. The number of amides is 1. The lowest BCUT2D eigenvalue weighted by Crippen LogP contribution is -2.55. The average molecular weight is 357 g/mol. The molecule has 1 N–H and O–H groups in total. The second-order valence-corrected chi connectivity index (χ2v) is 7.30. The Bertz CT molecular complexity index is 753. The third-order valence-electron chi connectivity index (χ3n) is 5.01. The van der Waals surface area contributed by atoms with Crippen LogP contribution >= 0.6 is 11.5 Å².